The summed E-state index contributed by atoms with van der Waals surface area (Å²) in [7, 11) is 4.72. The standard InChI is InChI=1S/C21H25NO5/c1-25-17-12-15(13-18(26-2)20(17)27-3)19(14-8-5-4-6-9-14)22-11-7-10-16(22)21(23)24/h4-6,8-9,12-13,16,19H,7,10-11H2,1-3H3,(H,23,24). The van der Waals surface area contributed by atoms with Crippen molar-refractivity contribution in [3.8, 4) is 17.2 Å². The summed E-state index contributed by atoms with van der Waals surface area (Å²) in [4.78, 5) is 13.9. The van der Waals surface area contributed by atoms with Crippen LogP contribution in [0.4, 0.5) is 0 Å². The Morgan fingerprint density at radius 2 is 1.67 bits per heavy atom. The zero-order valence-electron chi connectivity index (χ0n) is 15.8. The molecule has 1 N–H and O–H groups in total. The highest BCUT2D eigenvalue weighted by atomic mass is 16.5. The van der Waals surface area contributed by atoms with Crippen molar-refractivity contribution in [2.24, 2.45) is 0 Å². The number of aliphatic carboxylic acids is 1. The van der Waals surface area contributed by atoms with Gasteiger partial charge in [0.05, 0.1) is 27.4 Å². The molecule has 6 nitrogen and oxygen atoms in total. The Balaban J connectivity index is 2.15. The lowest BCUT2D eigenvalue weighted by Crippen LogP contribution is -2.39. The van der Waals surface area contributed by atoms with E-state index in [0.717, 1.165) is 17.5 Å². The molecule has 144 valence electrons. The third-order valence-corrected chi connectivity index (χ3v) is 5.03. The van der Waals surface area contributed by atoms with E-state index in [4.69, 9.17) is 14.2 Å². The highest BCUT2D eigenvalue weighted by Crippen LogP contribution is 2.43. The number of benzene rings is 2. The Kier molecular flexibility index (Phi) is 5.86. The quantitative estimate of drug-likeness (QED) is 0.805. The maximum Gasteiger partial charge on any atom is 0.320 e. The Bertz CT molecular complexity index is 767. The van der Waals surface area contributed by atoms with Crippen molar-refractivity contribution < 1.29 is 24.1 Å². The lowest BCUT2D eigenvalue weighted by Gasteiger charge is -2.32. The molecule has 27 heavy (non-hydrogen) atoms. The van der Waals surface area contributed by atoms with Gasteiger partial charge in [-0.1, -0.05) is 30.3 Å². The number of methoxy groups -OCH3 is 3. The first-order valence-electron chi connectivity index (χ1n) is 8.94. The van der Waals surface area contributed by atoms with E-state index in [9.17, 15) is 9.90 Å². The summed E-state index contributed by atoms with van der Waals surface area (Å²) in [5, 5.41) is 9.70. The smallest absolute Gasteiger partial charge is 0.320 e. The molecular weight excluding hydrogens is 346 g/mol. The second kappa shape index (κ2) is 8.31. The number of carbonyl (C=O) groups is 1. The van der Waals surface area contributed by atoms with Gasteiger partial charge in [0.1, 0.15) is 6.04 Å². The minimum atomic E-state index is -0.791. The molecule has 2 atom stereocenters. The van der Waals surface area contributed by atoms with Crippen LogP contribution in [0.3, 0.4) is 0 Å². The predicted molar refractivity (Wildman–Crippen MR) is 102 cm³/mol. The van der Waals surface area contributed by atoms with Crippen LogP contribution in [0.2, 0.25) is 0 Å². The van der Waals surface area contributed by atoms with Crippen molar-refractivity contribution >= 4 is 5.97 Å². The fourth-order valence-electron chi connectivity index (χ4n) is 3.83. The second-order valence-corrected chi connectivity index (χ2v) is 6.51. The van der Waals surface area contributed by atoms with Gasteiger partial charge in [0.2, 0.25) is 5.75 Å². The number of ether oxygens (including phenoxy) is 3. The van der Waals surface area contributed by atoms with Crippen molar-refractivity contribution in [1.82, 2.24) is 4.90 Å². The zero-order chi connectivity index (χ0) is 19.4. The third-order valence-electron chi connectivity index (χ3n) is 5.03. The van der Waals surface area contributed by atoms with Gasteiger partial charge < -0.3 is 19.3 Å². The summed E-state index contributed by atoms with van der Waals surface area (Å²) in [6.45, 7) is 0.715. The van der Waals surface area contributed by atoms with Crippen LogP contribution < -0.4 is 14.2 Å². The molecule has 1 heterocycles. The van der Waals surface area contributed by atoms with Gasteiger partial charge in [0.15, 0.2) is 11.5 Å². The second-order valence-electron chi connectivity index (χ2n) is 6.51. The van der Waals surface area contributed by atoms with Gasteiger partial charge in [-0.15, -0.1) is 0 Å². The van der Waals surface area contributed by atoms with E-state index in [-0.39, 0.29) is 6.04 Å². The molecule has 0 saturated carbocycles. The Morgan fingerprint density at radius 3 is 2.19 bits per heavy atom. The molecule has 2 unspecified atom stereocenters. The van der Waals surface area contributed by atoms with E-state index in [1.807, 2.05) is 47.4 Å². The van der Waals surface area contributed by atoms with Crippen molar-refractivity contribution in [2.45, 2.75) is 24.9 Å². The van der Waals surface area contributed by atoms with Crippen LogP contribution in [0.5, 0.6) is 17.2 Å². The molecule has 2 aromatic carbocycles. The largest absolute Gasteiger partial charge is 0.493 e. The predicted octanol–water partition coefficient (Wildman–Crippen LogP) is 3.35. The highest BCUT2D eigenvalue weighted by molar-refractivity contribution is 5.74. The van der Waals surface area contributed by atoms with Gasteiger partial charge in [-0.25, -0.2) is 0 Å². The first kappa shape index (κ1) is 19.0. The summed E-state index contributed by atoms with van der Waals surface area (Å²) >= 11 is 0. The Labute approximate surface area is 159 Å². The lowest BCUT2D eigenvalue weighted by atomic mass is 9.95. The minimum Gasteiger partial charge on any atom is -0.493 e. The van der Waals surface area contributed by atoms with Crippen molar-refractivity contribution in [3.05, 3.63) is 53.6 Å². The van der Waals surface area contributed by atoms with Crippen LogP contribution in [-0.4, -0.2) is 49.9 Å². The molecule has 1 fully saturated rings. The molecule has 3 rings (SSSR count). The van der Waals surface area contributed by atoms with E-state index in [1.165, 1.54) is 0 Å². The number of hydrogen-bond acceptors (Lipinski definition) is 5. The number of carboxylic acids is 1. The van der Waals surface area contributed by atoms with E-state index in [2.05, 4.69) is 0 Å². The molecule has 6 heteroatoms. The highest BCUT2D eigenvalue weighted by Gasteiger charge is 2.37. The Morgan fingerprint density at radius 1 is 1.04 bits per heavy atom. The molecule has 1 aliphatic rings. The SMILES string of the molecule is COc1cc(C(c2ccccc2)N2CCCC2C(=O)O)cc(OC)c1OC. The summed E-state index contributed by atoms with van der Waals surface area (Å²) in [6, 6.07) is 13.0. The number of rotatable bonds is 7. The van der Waals surface area contributed by atoms with Gasteiger partial charge in [-0.05, 0) is 36.1 Å². The Hall–Kier alpha value is -2.73. The molecular formula is C21H25NO5. The number of likely N-dealkylation sites (tertiary alicyclic amines) is 1. The molecule has 0 spiro atoms. The summed E-state index contributed by atoms with van der Waals surface area (Å²) in [6.07, 6.45) is 1.49. The first-order valence-corrected chi connectivity index (χ1v) is 8.94. The molecule has 1 saturated heterocycles. The molecule has 0 aromatic heterocycles. The van der Waals surface area contributed by atoms with E-state index in [0.29, 0.717) is 30.2 Å². The van der Waals surface area contributed by atoms with E-state index in [1.54, 1.807) is 21.3 Å². The van der Waals surface area contributed by atoms with Gasteiger partial charge in [0.25, 0.3) is 0 Å². The maximum atomic E-state index is 11.8. The maximum absolute atomic E-state index is 11.8. The zero-order valence-corrected chi connectivity index (χ0v) is 15.8. The molecule has 0 bridgehead atoms. The average molecular weight is 371 g/mol. The topological polar surface area (TPSA) is 68.2 Å². The van der Waals surface area contributed by atoms with Crippen LogP contribution in [0, 0.1) is 0 Å². The van der Waals surface area contributed by atoms with Crippen molar-refractivity contribution in [1.29, 1.82) is 0 Å². The van der Waals surface area contributed by atoms with Gasteiger partial charge >= 0.3 is 5.97 Å². The van der Waals surface area contributed by atoms with E-state index >= 15 is 0 Å². The fourth-order valence-corrected chi connectivity index (χ4v) is 3.83. The first-order chi connectivity index (χ1) is 13.1. The van der Waals surface area contributed by atoms with Crippen molar-refractivity contribution in [3.63, 3.8) is 0 Å². The number of hydrogen-bond donors (Lipinski definition) is 1. The number of carboxylic acid groups (broad SMARTS) is 1. The number of nitrogens with zero attached hydrogens (tertiary/aromatic N) is 1. The summed E-state index contributed by atoms with van der Waals surface area (Å²) < 4.78 is 16.4. The van der Waals surface area contributed by atoms with Gasteiger partial charge in [0, 0.05) is 6.54 Å². The monoisotopic (exact) mass is 371 g/mol. The van der Waals surface area contributed by atoms with Crippen LogP contribution in [0.25, 0.3) is 0 Å². The molecule has 0 amide bonds. The van der Waals surface area contributed by atoms with Gasteiger partial charge in [-0.3, -0.25) is 9.69 Å². The van der Waals surface area contributed by atoms with Crippen LogP contribution in [0.15, 0.2) is 42.5 Å². The average Bonchev–Trinajstić information content (AvgIpc) is 3.17. The third kappa shape index (κ3) is 3.71. The fraction of sp³-hybridized carbons (Fsp3) is 0.381. The molecule has 0 radical (unpaired) electrons. The molecule has 1 aliphatic heterocycles. The molecule has 2 aromatic rings. The van der Waals surface area contributed by atoms with Crippen molar-refractivity contribution in [2.75, 3.05) is 27.9 Å². The van der Waals surface area contributed by atoms with Crippen LogP contribution in [0.1, 0.15) is 30.0 Å². The minimum absolute atomic E-state index is 0.219. The summed E-state index contributed by atoms with van der Waals surface area (Å²) in [5.41, 5.74) is 1.93. The van der Waals surface area contributed by atoms with E-state index < -0.39 is 12.0 Å². The summed E-state index contributed by atoms with van der Waals surface area (Å²) in [5.74, 6) is 0.838. The lowest BCUT2D eigenvalue weighted by molar-refractivity contribution is -0.142. The van der Waals surface area contributed by atoms with Gasteiger partial charge in [-0.2, -0.15) is 0 Å². The molecule has 0 aliphatic carbocycles. The van der Waals surface area contributed by atoms with Crippen LogP contribution >= 0.6 is 0 Å². The normalized spacial score (nSPS) is 18.1. The van der Waals surface area contributed by atoms with Crippen LogP contribution in [-0.2, 0) is 4.79 Å².